The van der Waals surface area contributed by atoms with E-state index in [2.05, 4.69) is 17.5 Å². The summed E-state index contributed by atoms with van der Waals surface area (Å²) < 4.78 is 5.41. The first kappa shape index (κ1) is 11.4. The van der Waals surface area contributed by atoms with Gasteiger partial charge in [-0.1, -0.05) is 12.2 Å². The van der Waals surface area contributed by atoms with Crippen molar-refractivity contribution in [2.24, 2.45) is 5.73 Å². The van der Waals surface area contributed by atoms with Crippen LogP contribution in [0.1, 0.15) is 25.7 Å². The van der Waals surface area contributed by atoms with E-state index in [1.54, 1.807) is 0 Å². The summed E-state index contributed by atoms with van der Waals surface area (Å²) in [5.74, 6) is -0.101. The predicted molar refractivity (Wildman–Crippen MR) is 58.0 cm³/mol. The lowest BCUT2D eigenvalue weighted by atomic mass is 10.2. The molecule has 1 amide bonds. The molecule has 0 saturated carbocycles. The first-order chi connectivity index (χ1) is 6.68. The van der Waals surface area contributed by atoms with Gasteiger partial charge in [-0.3, -0.25) is 4.79 Å². The zero-order chi connectivity index (χ0) is 10.4. The average Bonchev–Trinajstić information content (AvgIpc) is 2.55. The molecule has 1 heterocycles. The van der Waals surface area contributed by atoms with Gasteiger partial charge in [-0.05, 0) is 19.3 Å². The maximum Gasteiger partial charge on any atom is 0.226 e. The van der Waals surface area contributed by atoms with Crippen LogP contribution in [0.2, 0.25) is 0 Å². The Balaban J connectivity index is 2.02. The third-order valence-electron chi connectivity index (χ3n) is 2.15. The first-order valence-electron chi connectivity index (χ1n) is 4.85. The van der Waals surface area contributed by atoms with Crippen LogP contribution in [0.25, 0.3) is 0 Å². The summed E-state index contributed by atoms with van der Waals surface area (Å²) in [4.78, 5) is 11.3. The molecule has 1 rings (SSSR count). The molecule has 5 heteroatoms. The number of hydrogen-bond acceptors (Lipinski definition) is 3. The first-order valence-corrected chi connectivity index (χ1v) is 5.26. The fourth-order valence-corrected chi connectivity index (χ4v) is 1.60. The second-order valence-corrected chi connectivity index (χ2v) is 3.94. The molecule has 1 aliphatic heterocycles. The lowest BCUT2D eigenvalue weighted by Gasteiger charge is -2.09. The number of rotatable bonds is 5. The van der Waals surface area contributed by atoms with Crippen LogP contribution in [-0.2, 0) is 9.53 Å². The van der Waals surface area contributed by atoms with Gasteiger partial charge in [0.1, 0.15) is 0 Å². The van der Waals surface area contributed by atoms with Crippen molar-refractivity contribution in [1.82, 2.24) is 5.32 Å². The molecule has 0 radical (unpaired) electrons. The van der Waals surface area contributed by atoms with Gasteiger partial charge >= 0.3 is 0 Å². The van der Waals surface area contributed by atoms with Crippen LogP contribution in [0.15, 0.2) is 0 Å². The zero-order valence-corrected chi connectivity index (χ0v) is 8.94. The Bertz CT molecular complexity index is 215. The summed E-state index contributed by atoms with van der Waals surface area (Å²) in [6, 6.07) is 0. The second-order valence-electron chi connectivity index (χ2n) is 3.42. The molecule has 0 aromatic carbocycles. The number of nitrogens with one attached hydrogen (secondary N) is 1. The number of nitrogens with two attached hydrogens (primary N) is 1. The van der Waals surface area contributed by atoms with Gasteiger partial charge in [0.25, 0.3) is 0 Å². The number of carbonyl (C=O) groups excluding carboxylic acids is 1. The van der Waals surface area contributed by atoms with E-state index in [1.165, 1.54) is 0 Å². The van der Waals surface area contributed by atoms with Gasteiger partial charge in [0.2, 0.25) is 5.91 Å². The molecule has 80 valence electrons. The Hall–Kier alpha value is -0.680. The van der Waals surface area contributed by atoms with E-state index in [1.807, 2.05) is 0 Å². The van der Waals surface area contributed by atoms with Crippen molar-refractivity contribution >= 4 is 23.1 Å². The molecule has 1 fully saturated rings. The molecule has 0 spiro atoms. The number of amides is 1. The highest BCUT2D eigenvalue weighted by molar-refractivity contribution is 7.80. The molecule has 4 nitrogen and oxygen atoms in total. The van der Waals surface area contributed by atoms with Crippen molar-refractivity contribution in [3.8, 4) is 0 Å². The van der Waals surface area contributed by atoms with E-state index in [-0.39, 0.29) is 17.3 Å². The zero-order valence-electron chi connectivity index (χ0n) is 8.12. The minimum Gasteiger partial charge on any atom is -0.393 e. The molecule has 0 aromatic rings. The Morgan fingerprint density at radius 1 is 1.64 bits per heavy atom. The third kappa shape index (κ3) is 4.53. The minimum absolute atomic E-state index is 0.101. The summed E-state index contributed by atoms with van der Waals surface area (Å²) >= 11 is 4.62. The summed E-state index contributed by atoms with van der Waals surface area (Å²) in [6.45, 7) is 1.50. The topological polar surface area (TPSA) is 64.4 Å². The van der Waals surface area contributed by atoms with Crippen LogP contribution in [0.4, 0.5) is 0 Å². The van der Waals surface area contributed by atoms with E-state index in [4.69, 9.17) is 10.5 Å². The molecule has 3 N–H and O–H groups in total. The van der Waals surface area contributed by atoms with Crippen molar-refractivity contribution in [3.63, 3.8) is 0 Å². The molecule has 14 heavy (non-hydrogen) atoms. The summed E-state index contributed by atoms with van der Waals surface area (Å²) in [6.07, 6.45) is 3.57. The molecular weight excluding hydrogens is 200 g/mol. The SMILES string of the molecule is NC(=S)CC(=O)NCCC1CCCO1. The van der Waals surface area contributed by atoms with E-state index in [0.29, 0.717) is 12.6 Å². The van der Waals surface area contributed by atoms with E-state index in [9.17, 15) is 4.79 Å². The van der Waals surface area contributed by atoms with Crippen molar-refractivity contribution in [1.29, 1.82) is 0 Å². The van der Waals surface area contributed by atoms with Crippen LogP contribution in [0.5, 0.6) is 0 Å². The van der Waals surface area contributed by atoms with Gasteiger partial charge in [0, 0.05) is 13.2 Å². The van der Waals surface area contributed by atoms with Gasteiger partial charge in [0.05, 0.1) is 17.5 Å². The number of ether oxygens (including phenoxy) is 1. The molecule has 0 aromatic heterocycles. The predicted octanol–water partition coefficient (Wildman–Crippen LogP) is 0.348. The van der Waals surface area contributed by atoms with Crippen LogP contribution in [0, 0.1) is 0 Å². The van der Waals surface area contributed by atoms with Gasteiger partial charge in [-0.25, -0.2) is 0 Å². The van der Waals surface area contributed by atoms with Crippen LogP contribution < -0.4 is 11.1 Å². The molecule has 0 aliphatic carbocycles. The minimum atomic E-state index is -0.101. The van der Waals surface area contributed by atoms with Gasteiger partial charge < -0.3 is 15.8 Å². The summed E-state index contributed by atoms with van der Waals surface area (Å²) in [5, 5.41) is 2.75. The average molecular weight is 216 g/mol. The molecule has 1 saturated heterocycles. The monoisotopic (exact) mass is 216 g/mol. The molecular formula is C9H16N2O2S. The highest BCUT2D eigenvalue weighted by Gasteiger charge is 2.15. The fourth-order valence-electron chi connectivity index (χ4n) is 1.47. The van der Waals surface area contributed by atoms with Crippen molar-refractivity contribution in [3.05, 3.63) is 0 Å². The van der Waals surface area contributed by atoms with Crippen molar-refractivity contribution in [2.75, 3.05) is 13.2 Å². The van der Waals surface area contributed by atoms with Crippen molar-refractivity contribution in [2.45, 2.75) is 31.8 Å². The normalized spacial score (nSPS) is 20.7. The number of hydrogen-bond donors (Lipinski definition) is 2. The Kier molecular flexibility index (Phi) is 4.82. The van der Waals surface area contributed by atoms with E-state index >= 15 is 0 Å². The highest BCUT2D eigenvalue weighted by Crippen LogP contribution is 2.14. The van der Waals surface area contributed by atoms with Crippen LogP contribution >= 0.6 is 12.2 Å². The van der Waals surface area contributed by atoms with Gasteiger partial charge in [-0.2, -0.15) is 0 Å². The van der Waals surface area contributed by atoms with Gasteiger partial charge in [0.15, 0.2) is 0 Å². The highest BCUT2D eigenvalue weighted by atomic mass is 32.1. The molecule has 1 unspecified atom stereocenters. The maximum atomic E-state index is 11.1. The van der Waals surface area contributed by atoms with E-state index in [0.717, 1.165) is 25.9 Å². The third-order valence-corrected chi connectivity index (χ3v) is 2.29. The smallest absolute Gasteiger partial charge is 0.226 e. The lowest BCUT2D eigenvalue weighted by molar-refractivity contribution is -0.119. The Labute approximate surface area is 89.2 Å². The maximum absolute atomic E-state index is 11.1. The fraction of sp³-hybridized carbons (Fsp3) is 0.778. The largest absolute Gasteiger partial charge is 0.393 e. The Morgan fingerprint density at radius 2 is 2.43 bits per heavy atom. The van der Waals surface area contributed by atoms with Crippen LogP contribution in [0.3, 0.4) is 0 Å². The lowest BCUT2D eigenvalue weighted by Crippen LogP contribution is -2.30. The van der Waals surface area contributed by atoms with Crippen LogP contribution in [-0.4, -0.2) is 30.2 Å². The molecule has 1 aliphatic rings. The summed E-state index contributed by atoms with van der Waals surface area (Å²) in [7, 11) is 0. The van der Waals surface area contributed by atoms with Crippen molar-refractivity contribution < 1.29 is 9.53 Å². The number of carbonyl (C=O) groups is 1. The Morgan fingerprint density at radius 3 is 3.00 bits per heavy atom. The van der Waals surface area contributed by atoms with Gasteiger partial charge in [-0.15, -0.1) is 0 Å². The quantitative estimate of drug-likeness (QED) is 0.651. The number of thiocarbonyl (C=S) groups is 1. The molecule has 0 bridgehead atoms. The summed E-state index contributed by atoms with van der Waals surface area (Å²) in [5.41, 5.74) is 5.23. The van der Waals surface area contributed by atoms with E-state index < -0.39 is 0 Å². The standard InChI is InChI=1S/C9H16N2O2S/c10-8(14)6-9(12)11-4-3-7-2-1-5-13-7/h7H,1-6H2,(H2,10,14)(H,11,12). The second kappa shape index (κ2) is 5.93. The molecule has 1 atom stereocenters.